The van der Waals surface area contributed by atoms with Gasteiger partial charge >= 0.3 is 0 Å². The first-order valence-corrected chi connectivity index (χ1v) is 7.51. The molecule has 1 saturated carbocycles. The zero-order chi connectivity index (χ0) is 13.9. The first-order valence-electron chi connectivity index (χ1n) is 7.13. The Morgan fingerprint density at radius 2 is 1.90 bits per heavy atom. The molecular weight excluding hydrogens is 274 g/mol. The minimum absolute atomic E-state index is 0.430. The summed E-state index contributed by atoms with van der Waals surface area (Å²) in [6.07, 6.45) is 7.44. The number of benzene rings is 1. The standard InChI is InChI=1S/C15H18ClN3O/c16-12-8-7-11(9-13(12)17)15-18-14(19-20-15)10-5-3-1-2-4-6-10/h7-10H,1-6,17H2. The van der Waals surface area contributed by atoms with Crippen LogP contribution in [-0.4, -0.2) is 10.1 Å². The Labute approximate surface area is 123 Å². The summed E-state index contributed by atoms with van der Waals surface area (Å²) in [7, 11) is 0. The minimum Gasteiger partial charge on any atom is -0.398 e. The molecule has 0 amide bonds. The van der Waals surface area contributed by atoms with Gasteiger partial charge in [-0.15, -0.1) is 0 Å². The van der Waals surface area contributed by atoms with Gasteiger partial charge in [-0.1, -0.05) is 42.4 Å². The first kappa shape index (κ1) is 13.4. The zero-order valence-electron chi connectivity index (χ0n) is 11.3. The number of hydrogen-bond donors (Lipinski definition) is 1. The quantitative estimate of drug-likeness (QED) is 0.657. The number of halogens is 1. The maximum Gasteiger partial charge on any atom is 0.258 e. The molecule has 1 heterocycles. The van der Waals surface area contributed by atoms with Gasteiger partial charge in [0.1, 0.15) is 0 Å². The molecule has 20 heavy (non-hydrogen) atoms. The number of hydrogen-bond acceptors (Lipinski definition) is 4. The van der Waals surface area contributed by atoms with E-state index >= 15 is 0 Å². The molecule has 1 aromatic carbocycles. The molecule has 1 aliphatic rings. The molecule has 0 spiro atoms. The molecule has 1 fully saturated rings. The van der Waals surface area contributed by atoms with E-state index in [4.69, 9.17) is 21.9 Å². The number of anilines is 1. The van der Waals surface area contributed by atoms with Crippen LogP contribution in [0.3, 0.4) is 0 Å². The minimum atomic E-state index is 0.430. The Balaban J connectivity index is 1.83. The van der Waals surface area contributed by atoms with Crippen molar-refractivity contribution < 1.29 is 4.52 Å². The lowest BCUT2D eigenvalue weighted by Crippen LogP contribution is -1.99. The van der Waals surface area contributed by atoms with Crippen molar-refractivity contribution in [3.8, 4) is 11.5 Å². The van der Waals surface area contributed by atoms with Crippen LogP contribution in [0.2, 0.25) is 5.02 Å². The van der Waals surface area contributed by atoms with E-state index in [1.165, 1.54) is 25.7 Å². The highest BCUT2D eigenvalue weighted by atomic mass is 35.5. The highest BCUT2D eigenvalue weighted by Gasteiger charge is 2.20. The van der Waals surface area contributed by atoms with Crippen molar-refractivity contribution in [2.45, 2.75) is 44.4 Å². The van der Waals surface area contributed by atoms with E-state index in [-0.39, 0.29) is 0 Å². The number of rotatable bonds is 2. The van der Waals surface area contributed by atoms with Crippen LogP contribution in [0.5, 0.6) is 0 Å². The molecule has 106 valence electrons. The lowest BCUT2D eigenvalue weighted by molar-refractivity contribution is 0.410. The van der Waals surface area contributed by atoms with Crippen molar-refractivity contribution in [2.24, 2.45) is 0 Å². The second-order valence-corrected chi connectivity index (χ2v) is 5.79. The van der Waals surface area contributed by atoms with Crippen LogP contribution >= 0.6 is 11.6 Å². The van der Waals surface area contributed by atoms with Crippen molar-refractivity contribution >= 4 is 17.3 Å². The van der Waals surface area contributed by atoms with Gasteiger partial charge in [-0.05, 0) is 31.0 Å². The van der Waals surface area contributed by atoms with Gasteiger partial charge in [0.25, 0.3) is 5.89 Å². The maximum absolute atomic E-state index is 5.92. The zero-order valence-corrected chi connectivity index (χ0v) is 12.1. The second-order valence-electron chi connectivity index (χ2n) is 5.38. The van der Waals surface area contributed by atoms with Crippen LogP contribution in [0.4, 0.5) is 5.69 Å². The van der Waals surface area contributed by atoms with E-state index in [0.29, 0.717) is 22.5 Å². The fourth-order valence-corrected chi connectivity index (χ4v) is 2.85. The molecule has 0 atom stereocenters. The normalized spacial score (nSPS) is 17.1. The molecule has 0 radical (unpaired) electrons. The lowest BCUT2D eigenvalue weighted by Gasteiger charge is -2.07. The average molecular weight is 292 g/mol. The van der Waals surface area contributed by atoms with E-state index in [1.807, 2.05) is 6.07 Å². The Bertz CT molecular complexity index is 589. The van der Waals surface area contributed by atoms with Crippen molar-refractivity contribution in [1.29, 1.82) is 0 Å². The number of nitrogen functional groups attached to an aromatic ring is 1. The fourth-order valence-electron chi connectivity index (χ4n) is 2.73. The second kappa shape index (κ2) is 5.83. The van der Waals surface area contributed by atoms with Crippen LogP contribution in [0.15, 0.2) is 22.7 Å². The lowest BCUT2D eigenvalue weighted by atomic mass is 10.00. The topological polar surface area (TPSA) is 64.9 Å². The van der Waals surface area contributed by atoms with E-state index < -0.39 is 0 Å². The third kappa shape index (κ3) is 2.80. The van der Waals surface area contributed by atoms with Gasteiger partial charge in [0.15, 0.2) is 5.82 Å². The van der Waals surface area contributed by atoms with Crippen molar-refractivity contribution in [1.82, 2.24) is 10.1 Å². The van der Waals surface area contributed by atoms with Crippen molar-refractivity contribution in [3.63, 3.8) is 0 Å². The smallest absolute Gasteiger partial charge is 0.258 e. The van der Waals surface area contributed by atoms with Crippen LogP contribution in [0, 0.1) is 0 Å². The number of nitrogens with two attached hydrogens (primary N) is 1. The van der Waals surface area contributed by atoms with Gasteiger partial charge in [-0.3, -0.25) is 0 Å². The molecule has 5 heteroatoms. The third-order valence-corrected chi connectivity index (χ3v) is 4.25. The van der Waals surface area contributed by atoms with Gasteiger partial charge in [0, 0.05) is 11.5 Å². The van der Waals surface area contributed by atoms with Crippen molar-refractivity contribution in [3.05, 3.63) is 29.0 Å². The highest BCUT2D eigenvalue weighted by Crippen LogP contribution is 2.32. The summed E-state index contributed by atoms with van der Waals surface area (Å²) in [4.78, 5) is 4.54. The largest absolute Gasteiger partial charge is 0.398 e. The molecular formula is C15H18ClN3O. The molecule has 1 aromatic heterocycles. The van der Waals surface area contributed by atoms with Gasteiger partial charge in [-0.25, -0.2) is 0 Å². The van der Waals surface area contributed by atoms with Crippen LogP contribution in [0.25, 0.3) is 11.5 Å². The Morgan fingerprint density at radius 3 is 2.60 bits per heavy atom. The summed E-state index contributed by atoms with van der Waals surface area (Å²) < 4.78 is 5.38. The van der Waals surface area contributed by atoms with Crippen LogP contribution in [-0.2, 0) is 0 Å². The van der Waals surface area contributed by atoms with Gasteiger partial charge < -0.3 is 10.3 Å². The summed E-state index contributed by atoms with van der Waals surface area (Å²) in [6, 6.07) is 5.37. The molecule has 3 rings (SSSR count). The van der Waals surface area contributed by atoms with Crippen molar-refractivity contribution in [2.75, 3.05) is 5.73 Å². The monoisotopic (exact) mass is 291 g/mol. The summed E-state index contributed by atoms with van der Waals surface area (Å²) in [5.74, 6) is 1.78. The first-order chi connectivity index (χ1) is 9.74. The van der Waals surface area contributed by atoms with E-state index in [1.54, 1.807) is 12.1 Å². The Hall–Kier alpha value is -1.55. The summed E-state index contributed by atoms with van der Waals surface area (Å²) in [6.45, 7) is 0. The summed E-state index contributed by atoms with van der Waals surface area (Å²) >= 11 is 5.92. The molecule has 0 saturated heterocycles. The fraction of sp³-hybridized carbons (Fsp3) is 0.467. The highest BCUT2D eigenvalue weighted by molar-refractivity contribution is 6.33. The van der Waals surface area contributed by atoms with Crippen LogP contribution < -0.4 is 5.73 Å². The molecule has 0 bridgehead atoms. The molecule has 0 unspecified atom stereocenters. The summed E-state index contributed by atoms with van der Waals surface area (Å²) in [5.41, 5.74) is 7.15. The average Bonchev–Trinajstić information content (AvgIpc) is 2.78. The van der Waals surface area contributed by atoms with Gasteiger partial charge in [-0.2, -0.15) is 4.98 Å². The predicted octanol–water partition coefficient (Wildman–Crippen LogP) is 4.41. The number of aromatic nitrogens is 2. The Morgan fingerprint density at radius 1 is 1.15 bits per heavy atom. The number of nitrogens with zero attached hydrogens (tertiary/aromatic N) is 2. The predicted molar refractivity (Wildman–Crippen MR) is 79.6 cm³/mol. The molecule has 2 aromatic rings. The summed E-state index contributed by atoms with van der Waals surface area (Å²) in [5, 5.41) is 4.69. The molecule has 4 nitrogen and oxygen atoms in total. The van der Waals surface area contributed by atoms with E-state index in [9.17, 15) is 0 Å². The van der Waals surface area contributed by atoms with E-state index in [0.717, 1.165) is 24.2 Å². The SMILES string of the molecule is Nc1cc(-c2nc(C3CCCCCC3)no2)ccc1Cl. The maximum atomic E-state index is 5.92. The molecule has 1 aliphatic carbocycles. The molecule has 2 N–H and O–H groups in total. The van der Waals surface area contributed by atoms with Crippen LogP contribution in [0.1, 0.15) is 50.3 Å². The van der Waals surface area contributed by atoms with Gasteiger partial charge in [0.2, 0.25) is 0 Å². The third-order valence-electron chi connectivity index (χ3n) is 3.91. The van der Waals surface area contributed by atoms with Gasteiger partial charge in [0.05, 0.1) is 10.7 Å². The Kier molecular flexibility index (Phi) is 3.92. The van der Waals surface area contributed by atoms with E-state index in [2.05, 4.69) is 10.1 Å². The molecule has 0 aliphatic heterocycles.